The minimum absolute atomic E-state index is 0.138. The van der Waals surface area contributed by atoms with E-state index in [-0.39, 0.29) is 11.5 Å². The van der Waals surface area contributed by atoms with Crippen molar-refractivity contribution in [2.75, 3.05) is 48.4 Å². The van der Waals surface area contributed by atoms with E-state index in [0.717, 1.165) is 18.7 Å². The summed E-state index contributed by atoms with van der Waals surface area (Å²) < 4.78 is 5.40. The summed E-state index contributed by atoms with van der Waals surface area (Å²) in [6.45, 7) is 8.93. The Hall–Kier alpha value is -3.88. The van der Waals surface area contributed by atoms with E-state index in [4.69, 9.17) is 4.74 Å². The van der Waals surface area contributed by atoms with Gasteiger partial charge in [-0.2, -0.15) is 0 Å². The Morgan fingerprint density at radius 1 is 1.03 bits per heavy atom. The van der Waals surface area contributed by atoms with Gasteiger partial charge in [-0.15, -0.1) is 0 Å². The monoisotopic (exact) mass is 448 g/mol. The van der Waals surface area contributed by atoms with Crippen molar-refractivity contribution in [2.45, 2.75) is 20.8 Å². The fraction of sp³-hybridized carbons (Fsp3) is 0.333. The highest BCUT2D eigenvalue weighted by molar-refractivity contribution is 5.77. The molecule has 1 aromatic heterocycles. The largest absolute Gasteiger partial charge is 0.495 e. The van der Waals surface area contributed by atoms with E-state index < -0.39 is 4.92 Å². The normalized spacial score (nSPS) is 13.7. The lowest BCUT2D eigenvalue weighted by Gasteiger charge is -2.37. The van der Waals surface area contributed by atoms with Crippen LogP contribution in [0.2, 0.25) is 0 Å². The smallest absolute Gasteiger partial charge is 0.353 e. The predicted octanol–water partition coefficient (Wildman–Crippen LogP) is 4.39. The van der Waals surface area contributed by atoms with E-state index in [2.05, 4.69) is 52.2 Å². The minimum Gasteiger partial charge on any atom is -0.495 e. The van der Waals surface area contributed by atoms with Gasteiger partial charge in [-0.3, -0.25) is 10.1 Å². The van der Waals surface area contributed by atoms with Gasteiger partial charge in [0.2, 0.25) is 11.6 Å². The number of rotatable bonds is 6. The number of piperazine rings is 1. The quantitative estimate of drug-likeness (QED) is 0.438. The molecule has 9 nitrogen and oxygen atoms in total. The lowest BCUT2D eigenvalue weighted by atomic mass is 10.1. The van der Waals surface area contributed by atoms with Crippen LogP contribution in [0.25, 0.3) is 0 Å². The Morgan fingerprint density at radius 2 is 1.76 bits per heavy atom. The first-order chi connectivity index (χ1) is 15.9. The fourth-order valence-electron chi connectivity index (χ4n) is 4.14. The first kappa shape index (κ1) is 22.3. The molecule has 0 atom stereocenters. The molecule has 0 aliphatic carbocycles. The van der Waals surface area contributed by atoms with Crippen molar-refractivity contribution in [1.82, 2.24) is 9.97 Å². The third kappa shape index (κ3) is 4.52. The number of hydrogen-bond donors (Lipinski definition) is 1. The molecule has 0 spiro atoms. The maximum Gasteiger partial charge on any atom is 0.353 e. The van der Waals surface area contributed by atoms with E-state index in [1.54, 1.807) is 7.11 Å². The second-order valence-electron chi connectivity index (χ2n) is 8.17. The van der Waals surface area contributed by atoms with Gasteiger partial charge in [0, 0.05) is 31.9 Å². The summed E-state index contributed by atoms with van der Waals surface area (Å²) in [6.07, 6.45) is 1.37. The molecule has 1 fully saturated rings. The molecule has 4 rings (SSSR count). The van der Waals surface area contributed by atoms with E-state index in [1.807, 2.05) is 30.0 Å². The van der Waals surface area contributed by atoms with Crippen molar-refractivity contribution in [3.05, 3.63) is 69.5 Å². The Bertz CT molecular complexity index is 1170. The number of nitro groups is 1. The van der Waals surface area contributed by atoms with E-state index in [0.29, 0.717) is 30.3 Å². The van der Waals surface area contributed by atoms with Crippen LogP contribution in [0.3, 0.4) is 0 Å². The van der Waals surface area contributed by atoms with Gasteiger partial charge in [0.05, 0.1) is 17.7 Å². The highest BCUT2D eigenvalue weighted by atomic mass is 16.6. The van der Waals surface area contributed by atoms with Crippen molar-refractivity contribution >= 4 is 28.7 Å². The van der Waals surface area contributed by atoms with Crippen molar-refractivity contribution in [3.8, 4) is 5.75 Å². The molecular weight excluding hydrogens is 420 g/mol. The Balaban J connectivity index is 1.60. The average Bonchev–Trinajstić information content (AvgIpc) is 2.81. The van der Waals surface area contributed by atoms with Crippen molar-refractivity contribution in [1.29, 1.82) is 0 Å². The molecule has 0 amide bonds. The summed E-state index contributed by atoms with van der Waals surface area (Å²) in [6, 6.07) is 11.9. The van der Waals surface area contributed by atoms with Crippen LogP contribution in [-0.2, 0) is 0 Å². The van der Waals surface area contributed by atoms with E-state index >= 15 is 0 Å². The van der Waals surface area contributed by atoms with Gasteiger partial charge in [-0.25, -0.2) is 9.97 Å². The lowest BCUT2D eigenvalue weighted by Crippen LogP contribution is -2.47. The molecule has 2 aromatic carbocycles. The molecule has 0 radical (unpaired) electrons. The first-order valence-electron chi connectivity index (χ1n) is 10.9. The van der Waals surface area contributed by atoms with Crippen molar-refractivity contribution in [2.24, 2.45) is 0 Å². The van der Waals surface area contributed by atoms with E-state index in [1.165, 1.54) is 23.1 Å². The fourth-order valence-corrected chi connectivity index (χ4v) is 4.14. The number of nitrogens with zero attached hydrogens (tertiary/aromatic N) is 5. The van der Waals surface area contributed by atoms with Gasteiger partial charge in [0.15, 0.2) is 0 Å². The van der Waals surface area contributed by atoms with E-state index in [9.17, 15) is 10.1 Å². The Morgan fingerprint density at radius 3 is 2.45 bits per heavy atom. The van der Waals surface area contributed by atoms with Gasteiger partial charge >= 0.3 is 5.69 Å². The van der Waals surface area contributed by atoms with Crippen molar-refractivity contribution in [3.63, 3.8) is 0 Å². The number of anilines is 4. The summed E-state index contributed by atoms with van der Waals surface area (Å²) in [5, 5.41) is 15.2. The maximum absolute atomic E-state index is 12.1. The number of nitrogens with one attached hydrogen (secondary N) is 1. The van der Waals surface area contributed by atoms with Crippen LogP contribution in [0, 0.1) is 30.9 Å². The van der Waals surface area contributed by atoms with Gasteiger partial charge in [-0.1, -0.05) is 18.2 Å². The Kier molecular flexibility index (Phi) is 6.30. The van der Waals surface area contributed by atoms with Crippen LogP contribution in [0.4, 0.5) is 28.7 Å². The molecule has 1 aliphatic heterocycles. The summed E-state index contributed by atoms with van der Waals surface area (Å²) in [5.41, 5.74) is 5.20. The summed E-state index contributed by atoms with van der Waals surface area (Å²) in [7, 11) is 1.56. The average molecular weight is 449 g/mol. The standard InChI is InChI=1S/C24H28N6O3/c1-16-8-9-21(33-4)19(14-16)27-23-22(30(31)32)24(26-15-25-23)29-12-10-28(11-13-29)20-7-5-6-17(2)18(20)3/h5-9,14-15H,10-13H2,1-4H3,(H,25,26,27). The molecule has 1 aliphatic rings. The van der Waals surface area contributed by atoms with Crippen LogP contribution in [0.1, 0.15) is 16.7 Å². The van der Waals surface area contributed by atoms with Crippen molar-refractivity contribution < 1.29 is 9.66 Å². The summed E-state index contributed by atoms with van der Waals surface area (Å²) in [4.78, 5) is 24.4. The number of aryl methyl sites for hydroxylation is 2. The van der Waals surface area contributed by atoms with Crippen LogP contribution < -0.4 is 19.9 Å². The van der Waals surface area contributed by atoms with Crippen LogP contribution in [0.15, 0.2) is 42.7 Å². The SMILES string of the molecule is COc1ccc(C)cc1Nc1ncnc(N2CCN(c3cccc(C)c3C)CC2)c1[N+](=O)[O-]. The molecule has 0 bridgehead atoms. The van der Waals surface area contributed by atoms with Crippen LogP contribution >= 0.6 is 0 Å². The molecule has 9 heteroatoms. The zero-order valence-corrected chi connectivity index (χ0v) is 19.3. The molecule has 1 saturated heterocycles. The van der Waals surface area contributed by atoms with Gasteiger partial charge in [-0.05, 0) is 55.7 Å². The Labute approximate surface area is 193 Å². The number of benzene rings is 2. The molecule has 3 aromatic rings. The van der Waals surface area contributed by atoms with Gasteiger partial charge in [0.1, 0.15) is 12.1 Å². The topological polar surface area (TPSA) is 96.7 Å². The third-order valence-electron chi connectivity index (χ3n) is 6.09. The molecule has 172 valence electrons. The summed E-state index contributed by atoms with van der Waals surface area (Å²) in [5.74, 6) is 1.05. The maximum atomic E-state index is 12.1. The zero-order valence-electron chi connectivity index (χ0n) is 19.3. The highest BCUT2D eigenvalue weighted by Gasteiger charge is 2.30. The minimum atomic E-state index is -0.420. The van der Waals surface area contributed by atoms with Gasteiger partial charge in [0.25, 0.3) is 0 Å². The number of methoxy groups -OCH3 is 1. The second-order valence-corrected chi connectivity index (χ2v) is 8.17. The molecule has 0 saturated carbocycles. The van der Waals surface area contributed by atoms with Crippen LogP contribution in [0.5, 0.6) is 5.75 Å². The third-order valence-corrected chi connectivity index (χ3v) is 6.09. The molecular formula is C24H28N6O3. The second kappa shape index (κ2) is 9.32. The first-order valence-corrected chi connectivity index (χ1v) is 10.9. The molecule has 2 heterocycles. The molecule has 33 heavy (non-hydrogen) atoms. The number of ether oxygens (including phenoxy) is 1. The predicted molar refractivity (Wildman–Crippen MR) is 130 cm³/mol. The number of aromatic nitrogens is 2. The number of hydrogen-bond acceptors (Lipinski definition) is 8. The molecule has 0 unspecified atom stereocenters. The van der Waals surface area contributed by atoms with Crippen LogP contribution in [-0.4, -0.2) is 48.2 Å². The summed E-state index contributed by atoms with van der Waals surface area (Å²) >= 11 is 0. The lowest BCUT2D eigenvalue weighted by molar-refractivity contribution is -0.383. The molecule has 1 N–H and O–H groups in total. The highest BCUT2D eigenvalue weighted by Crippen LogP contribution is 2.37. The van der Waals surface area contributed by atoms with Gasteiger partial charge < -0.3 is 19.9 Å². The zero-order chi connectivity index (χ0) is 23.5.